The lowest BCUT2D eigenvalue weighted by Crippen LogP contribution is -2.51. The predicted octanol–water partition coefficient (Wildman–Crippen LogP) is 2.14. The molecule has 2 amide bonds. The molecule has 2 saturated heterocycles. The number of morpholine rings is 1. The van der Waals surface area contributed by atoms with Gasteiger partial charge in [0.15, 0.2) is 0 Å². The lowest BCUT2D eigenvalue weighted by atomic mass is 10.1. The Balaban J connectivity index is 1.41. The highest BCUT2D eigenvalue weighted by molar-refractivity contribution is 5.95. The maximum absolute atomic E-state index is 12.7. The minimum absolute atomic E-state index is 0.194. The smallest absolute Gasteiger partial charge is 0.227 e. The van der Waals surface area contributed by atoms with Gasteiger partial charge in [-0.05, 0) is 43.4 Å². The third-order valence-corrected chi connectivity index (χ3v) is 5.48. The summed E-state index contributed by atoms with van der Waals surface area (Å²) in [5.74, 6) is 0.389. The van der Waals surface area contributed by atoms with E-state index in [1.807, 2.05) is 34.1 Å². The van der Waals surface area contributed by atoms with E-state index in [2.05, 4.69) is 0 Å². The van der Waals surface area contributed by atoms with Crippen molar-refractivity contribution in [2.75, 3.05) is 24.6 Å². The van der Waals surface area contributed by atoms with Gasteiger partial charge in [0.25, 0.3) is 0 Å². The van der Waals surface area contributed by atoms with Crippen LogP contribution in [0.2, 0.25) is 0 Å². The van der Waals surface area contributed by atoms with Crippen molar-refractivity contribution in [2.24, 2.45) is 0 Å². The van der Waals surface area contributed by atoms with Crippen molar-refractivity contribution in [3.63, 3.8) is 0 Å². The second kappa shape index (κ2) is 6.55. The fourth-order valence-corrected chi connectivity index (χ4v) is 4.23. The normalized spacial score (nSPS) is 26.8. The highest BCUT2D eigenvalue weighted by Gasteiger charge is 2.38. The number of amides is 2. The van der Waals surface area contributed by atoms with E-state index in [0.29, 0.717) is 26.0 Å². The topological polar surface area (TPSA) is 49.9 Å². The van der Waals surface area contributed by atoms with E-state index in [1.165, 1.54) is 0 Å². The molecule has 1 aliphatic carbocycles. The second-order valence-electron chi connectivity index (χ2n) is 6.99. The van der Waals surface area contributed by atoms with E-state index in [0.717, 1.165) is 43.5 Å². The minimum atomic E-state index is 0.194. The van der Waals surface area contributed by atoms with Gasteiger partial charge in [0.05, 0.1) is 25.2 Å². The monoisotopic (exact) mass is 328 g/mol. The maximum Gasteiger partial charge on any atom is 0.227 e. The molecule has 0 spiro atoms. The molecule has 5 heteroatoms. The number of hydrogen-bond acceptors (Lipinski definition) is 3. The van der Waals surface area contributed by atoms with Crippen molar-refractivity contribution < 1.29 is 14.3 Å². The van der Waals surface area contributed by atoms with Gasteiger partial charge in [-0.2, -0.15) is 0 Å². The molecule has 0 unspecified atom stereocenters. The molecule has 1 aromatic rings. The van der Waals surface area contributed by atoms with Crippen LogP contribution in [-0.2, 0) is 20.7 Å². The van der Waals surface area contributed by atoms with E-state index in [1.54, 1.807) is 0 Å². The number of carbonyl (C=O) groups is 2. The van der Waals surface area contributed by atoms with Crippen molar-refractivity contribution in [1.29, 1.82) is 0 Å². The Morgan fingerprint density at radius 1 is 1.12 bits per heavy atom. The van der Waals surface area contributed by atoms with Crippen molar-refractivity contribution in [2.45, 2.75) is 50.7 Å². The zero-order valence-corrected chi connectivity index (χ0v) is 13.9. The van der Waals surface area contributed by atoms with Crippen molar-refractivity contribution in [1.82, 2.24) is 4.90 Å². The fourth-order valence-electron chi connectivity index (χ4n) is 4.23. The summed E-state index contributed by atoms with van der Waals surface area (Å²) in [5.41, 5.74) is 1.95. The van der Waals surface area contributed by atoms with E-state index in [4.69, 9.17) is 4.74 Å². The molecule has 0 radical (unpaired) electrons. The Kier molecular flexibility index (Phi) is 4.27. The number of ether oxygens (including phenoxy) is 1. The third kappa shape index (κ3) is 2.93. The molecule has 0 N–H and O–H groups in total. The molecule has 4 rings (SSSR count). The van der Waals surface area contributed by atoms with Gasteiger partial charge in [-0.25, -0.2) is 0 Å². The molecule has 0 aromatic heterocycles. The van der Waals surface area contributed by atoms with Gasteiger partial charge in [-0.3, -0.25) is 9.59 Å². The standard InChI is InChI=1S/C19H24N2O3/c22-18-5-2-10-20(18)15-8-6-14(7-9-15)13-19(23)21-11-12-24-17-4-1-3-16(17)21/h6-9,16-17H,1-5,10-13H2/t16-,17-/m0/s1. The fraction of sp³-hybridized carbons (Fsp3) is 0.579. The zero-order valence-electron chi connectivity index (χ0n) is 13.9. The number of rotatable bonds is 3. The summed E-state index contributed by atoms with van der Waals surface area (Å²) in [6.07, 6.45) is 5.53. The zero-order chi connectivity index (χ0) is 16.5. The summed E-state index contributed by atoms with van der Waals surface area (Å²) in [5, 5.41) is 0. The highest BCUT2D eigenvalue weighted by atomic mass is 16.5. The molecule has 128 valence electrons. The molecule has 0 bridgehead atoms. The molecule has 2 atom stereocenters. The summed E-state index contributed by atoms with van der Waals surface area (Å²) in [7, 11) is 0. The largest absolute Gasteiger partial charge is 0.374 e. The van der Waals surface area contributed by atoms with Gasteiger partial charge in [-0.15, -0.1) is 0 Å². The molecular weight excluding hydrogens is 304 g/mol. The highest BCUT2D eigenvalue weighted by Crippen LogP contribution is 2.30. The van der Waals surface area contributed by atoms with E-state index in [-0.39, 0.29) is 24.0 Å². The third-order valence-electron chi connectivity index (χ3n) is 5.48. The minimum Gasteiger partial charge on any atom is -0.374 e. The van der Waals surface area contributed by atoms with Gasteiger partial charge in [0, 0.05) is 25.2 Å². The van der Waals surface area contributed by atoms with E-state index < -0.39 is 0 Å². The molecule has 1 saturated carbocycles. The van der Waals surface area contributed by atoms with Crippen LogP contribution in [0.4, 0.5) is 5.69 Å². The number of fused-ring (bicyclic) bond motifs is 1. The SMILES string of the molecule is O=C1CCCN1c1ccc(CC(=O)N2CCO[C@H]3CCC[C@@H]32)cc1. The summed E-state index contributed by atoms with van der Waals surface area (Å²) in [4.78, 5) is 28.4. The number of nitrogens with zero attached hydrogens (tertiary/aromatic N) is 2. The number of anilines is 1. The molecule has 3 aliphatic rings. The number of benzene rings is 1. The van der Waals surface area contributed by atoms with Crippen molar-refractivity contribution in [3.05, 3.63) is 29.8 Å². The predicted molar refractivity (Wildman–Crippen MR) is 90.8 cm³/mol. The first kappa shape index (κ1) is 15.6. The molecule has 2 heterocycles. The Hall–Kier alpha value is -1.88. The van der Waals surface area contributed by atoms with E-state index >= 15 is 0 Å². The van der Waals surface area contributed by atoms with Gasteiger partial charge < -0.3 is 14.5 Å². The van der Waals surface area contributed by atoms with Crippen LogP contribution in [0.5, 0.6) is 0 Å². The molecule has 2 aliphatic heterocycles. The second-order valence-corrected chi connectivity index (χ2v) is 6.99. The Labute approximate surface area is 142 Å². The van der Waals surface area contributed by atoms with Crippen LogP contribution in [0.25, 0.3) is 0 Å². The molecule has 5 nitrogen and oxygen atoms in total. The van der Waals surface area contributed by atoms with Crippen LogP contribution in [0, 0.1) is 0 Å². The maximum atomic E-state index is 12.7. The quantitative estimate of drug-likeness (QED) is 0.854. The van der Waals surface area contributed by atoms with Crippen molar-refractivity contribution >= 4 is 17.5 Å². The van der Waals surface area contributed by atoms with Gasteiger partial charge in [-0.1, -0.05) is 12.1 Å². The first-order valence-corrected chi connectivity index (χ1v) is 9.03. The van der Waals surface area contributed by atoms with Gasteiger partial charge in [0.2, 0.25) is 11.8 Å². The van der Waals surface area contributed by atoms with Gasteiger partial charge >= 0.3 is 0 Å². The summed E-state index contributed by atoms with van der Waals surface area (Å²) in [6, 6.07) is 8.15. The molecule has 3 fully saturated rings. The van der Waals surface area contributed by atoms with Crippen LogP contribution < -0.4 is 4.90 Å². The average Bonchev–Trinajstić information content (AvgIpc) is 3.24. The van der Waals surface area contributed by atoms with Gasteiger partial charge in [0.1, 0.15) is 0 Å². The van der Waals surface area contributed by atoms with Crippen LogP contribution in [-0.4, -0.2) is 48.6 Å². The number of hydrogen-bond donors (Lipinski definition) is 0. The lowest BCUT2D eigenvalue weighted by molar-refractivity contribution is -0.143. The molecule has 1 aromatic carbocycles. The molecule has 24 heavy (non-hydrogen) atoms. The van der Waals surface area contributed by atoms with Crippen LogP contribution in [0.3, 0.4) is 0 Å². The van der Waals surface area contributed by atoms with Crippen LogP contribution in [0.15, 0.2) is 24.3 Å². The Morgan fingerprint density at radius 2 is 1.96 bits per heavy atom. The first-order valence-electron chi connectivity index (χ1n) is 9.03. The van der Waals surface area contributed by atoms with Crippen molar-refractivity contribution in [3.8, 4) is 0 Å². The van der Waals surface area contributed by atoms with Crippen LogP contribution >= 0.6 is 0 Å². The lowest BCUT2D eigenvalue weighted by Gasteiger charge is -2.37. The van der Waals surface area contributed by atoms with E-state index in [9.17, 15) is 9.59 Å². The first-order chi connectivity index (χ1) is 11.7. The Morgan fingerprint density at radius 3 is 2.71 bits per heavy atom. The Bertz CT molecular complexity index is 628. The number of carbonyl (C=O) groups excluding carboxylic acids is 2. The summed E-state index contributed by atoms with van der Waals surface area (Å²) < 4.78 is 5.78. The summed E-state index contributed by atoms with van der Waals surface area (Å²) >= 11 is 0. The van der Waals surface area contributed by atoms with Crippen LogP contribution in [0.1, 0.15) is 37.7 Å². The average molecular weight is 328 g/mol. The molecular formula is C19H24N2O3. The summed E-state index contributed by atoms with van der Waals surface area (Å²) in [6.45, 7) is 2.16.